The van der Waals surface area contributed by atoms with Gasteiger partial charge in [0.1, 0.15) is 0 Å². The van der Waals surface area contributed by atoms with Crippen LogP contribution in [0.15, 0.2) is 29.9 Å². The SMILES string of the molecule is Cc1ccsc1C(=O)N1C[C@@H]2COC[C@H](C1)N(CCCn1cccn1)C2. The number of ether oxygens (including phenoxy) is 1. The summed E-state index contributed by atoms with van der Waals surface area (Å²) >= 11 is 1.55. The lowest BCUT2D eigenvalue weighted by atomic mass is 10.1. The van der Waals surface area contributed by atoms with Crippen LogP contribution in [-0.2, 0) is 11.3 Å². The molecule has 2 aromatic rings. The van der Waals surface area contributed by atoms with E-state index in [2.05, 4.69) is 14.9 Å². The van der Waals surface area contributed by atoms with E-state index in [0.29, 0.717) is 12.5 Å². The Balaban J connectivity index is 1.42. The maximum absolute atomic E-state index is 13.0. The van der Waals surface area contributed by atoms with Gasteiger partial charge in [0.15, 0.2) is 0 Å². The van der Waals surface area contributed by atoms with Crippen molar-refractivity contribution in [2.24, 2.45) is 5.92 Å². The first kappa shape index (κ1) is 17.7. The fourth-order valence-electron chi connectivity index (χ4n) is 3.97. The summed E-state index contributed by atoms with van der Waals surface area (Å²) < 4.78 is 7.87. The van der Waals surface area contributed by atoms with Crippen LogP contribution in [0.3, 0.4) is 0 Å². The molecule has 2 atom stereocenters. The zero-order chi connectivity index (χ0) is 17.9. The summed E-state index contributed by atoms with van der Waals surface area (Å²) in [6.07, 6.45) is 4.89. The average Bonchev–Trinajstić information content (AvgIpc) is 3.19. The highest BCUT2D eigenvalue weighted by Gasteiger charge is 2.35. The van der Waals surface area contributed by atoms with Crippen LogP contribution in [-0.4, -0.2) is 70.9 Å². The van der Waals surface area contributed by atoms with E-state index in [4.69, 9.17) is 4.74 Å². The number of amides is 1. The van der Waals surface area contributed by atoms with Crippen molar-refractivity contribution in [2.75, 3.05) is 39.4 Å². The fourth-order valence-corrected chi connectivity index (χ4v) is 4.86. The Hall–Kier alpha value is -1.70. The molecule has 0 aromatic carbocycles. The Morgan fingerprint density at radius 2 is 2.23 bits per heavy atom. The van der Waals surface area contributed by atoms with Crippen LogP contribution >= 0.6 is 11.3 Å². The predicted molar refractivity (Wildman–Crippen MR) is 101 cm³/mol. The van der Waals surface area contributed by atoms with Crippen LogP contribution in [0.2, 0.25) is 0 Å². The predicted octanol–water partition coefficient (Wildman–Crippen LogP) is 2.12. The lowest BCUT2D eigenvalue weighted by molar-refractivity contribution is 0.0413. The van der Waals surface area contributed by atoms with Crippen molar-refractivity contribution in [3.8, 4) is 0 Å². The molecule has 0 saturated carbocycles. The van der Waals surface area contributed by atoms with E-state index in [0.717, 1.165) is 56.2 Å². The maximum atomic E-state index is 13.0. The molecule has 2 aromatic heterocycles. The molecular weight excluding hydrogens is 348 g/mol. The number of thiophene rings is 1. The first-order valence-electron chi connectivity index (χ1n) is 9.33. The second-order valence-corrected chi connectivity index (χ2v) is 8.23. The van der Waals surface area contributed by atoms with E-state index < -0.39 is 0 Å². The largest absolute Gasteiger partial charge is 0.379 e. The van der Waals surface area contributed by atoms with Crippen molar-refractivity contribution >= 4 is 17.2 Å². The Morgan fingerprint density at radius 3 is 3.00 bits per heavy atom. The van der Waals surface area contributed by atoms with Gasteiger partial charge in [0.25, 0.3) is 5.91 Å². The van der Waals surface area contributed by atoms with Gasteiger partial charge in [-0.2, -0.15) is 5.10 Å². The standard InChI is InChI=1S/C19H26N4O2S/c1-15-4-9-26-18(15)19(24)22-11-16-10-21(17(12-22)14-25-13-16)6-3-8-23-7-2-5-20-23/h2,4-5,7,9,16-17H,3,6,8,10-14H2,1H3/t16-,17+/m1/s1. The molecule has 0 unspecified atom stereocenters. The summed E-state index contributed by atoms with van der Waals surface area (Å²) in [6, 6.07) is 4.27. The monoisotopic (exact) mass is 374 g/mol. The number of carbonyl (C=O) groups is 1. The Kier molecular flexibility index (Phi) is 5.38. The molecule has 2 fully saturated rings. The Morgan fingerprint density at radius 1 is 1.31 bits per heavy atom. The highest BCUT2D eigenvalue weighted by molar-refractivity contribution is 7.12. The molecule has 0 N–H and O–H groups in total. The van der Waals surface area contributed by atoms with Crippen molar-refractivity contribution in [3.05, 3.63) is 40.3 Å². The van der Waals surface area contributed by atoms with Gasteiger partial charge in [-0.3, -0.25) is 14.4 Å². The number of nitrogens with zero attached hydrogens (tertiary/aromatic N) is 4. The Labute approximate surface area is 158 Å². The molecule has 7 heteroatoms. The first-order chi connectivity index (χ1) is 12.7. The molecule has 140 valence electrons. The lowest BCUT2D eigenvalue weighted by Crippen LogP contribution is -2.46. The van der Waals surface area contributed by atoms with Crippen LogP contribution in [0.5, 0.6) is 0 Å². The molecule has 2 saturated heterocycles. The smallest absolute Gasteiger partial charge is 0.264 e. The van der Waals surface area contributed by atoms with Gasteiger partial charge in [0.2, 0.25) is 0 Å². The fraction of sp³-hybridized carbons (Fsp3) is 0.579. The van der Waals surface area contributed by atoms with Crippen molar-refractivity contribution in [2.45, 2.75) is 25.9 Å². The van der Waals surface area contributed by atoms with Crippen LogP contribution in [0.25, 0.3) is 0 Å². The minimum Gasteiger partial charge on any atom is -0.379 e. The minimum absolute atomic E-state index is 0.188. The zero-order valence-electron chi connectivity index (χ0n) is 15.2. The molecule has 0 spiro atoms. The van der Waals surface area contributed by atoms with E-state index >= 15 is 0 Å². The molecule has 1 amide bonds. The number of hydrogen-bond donors (Lipinski definition) is 0. The van der Waals surface area contributed by atoms with Crippen LogP contribution in [0, 0.1) is 12.8 Å². The van der Waals surface area contributed by atoms with E-state index in [9.17, 15) is 4.79 Å². The normalized spacial score (nSPS) is 23.8. The second kappa shape index (κ2) is 7.90. The van der Waals surface area contributed by atoms with Crippen LogP contribution < -0.4 is 0 Å². The molecule has 4 rings (SSSR count). The summed E-state index contributed by atoms with van der Waals surface area (Å²) in [5.74, 6) is 0.573. The van der Waals surface area contributed by atoms with E-state index in [1.54, 1.807) is 11.3 Å². The van der Waals surface area contributed by atoms with Gasteiger partial charge in [-0.05, 0) is 36.4 Å². The molecule has 6 nitrogen and oxygen atoms in total. The molecule has 2 bridgehead atoms. The van der Waals surface area contributed by atoms with E-state index in [1.807, 2.05) is 41.5 Å². The maximum Gasteiger partial charge on any atom is 0.264 e. The van der Waals surface area contributed by atoms with Gasteiger partial charge < -0.3 is 9.64 Å². The lowest BCUT2D eigenvalue weighted by Gasteiger charge is -2.31. The van der Waals surface area contributed by atoms with Crippen LogP contribution in [0.1, 0.15) is 21.7 Å². The number of carbonyl (C=O) groups excluding carboxylic acids is 1. The average molecular weight is 375 g/mol. The summed E-state index contributed by atoms with van der Waals surface area (Å²) in [7, 11) is 0. The molecule has 0 radical (unpaired) electrons. The second-order valence-electron chi connectivity index (χ2n) is 7.32. The van der Waals surface area contributed by atoms with Gasteiger partial charge in [0, 0.05) is 51.0 Å². The number of aromatic nitrogens is 2. The molecule has 2 aliphatic heterocycles. The summed E-state index contributed by atoms with van der Waals surface area (Å²) in [4.78, 5) is 18.5. The van der Waals surface area contributed by atoms with Gasteiger partial charge in [-0.1, -0.05) is 0 Å². The van der Waals surface area contributed by atoms with Gasteiger partial charge >= 0.3 is 0 Å². The van der Waals surface area contributed by atoms with Gasteiger partial charge in [-0.15, -0.1) is 11.3 Å². The molecular formula is C19H26N4O2S. The number of aryl methyl sites for hydroxylation is 2. The van der Waals surface area contributed by atoms with E-state index in [-0.39, 0.29) is 11.9 Å². The van der Waals surface area contributed by atoms with Crippen molar-refractivity contribution in [1.82, 2.24) is 19.6 Å². The first-order valence-corrected chi connectivity index (χ1v) is 10.2. The van der Waals surface area contributed by atoms with Crippen molar-refractivity contribution in [3.63, 3.8) is 0 Å². The molecule has 0 aliphatic carbocycles. The van der Waals surface area contributed by atoms with Gasteiger partial charge in [-0.25, -0.2) is 0 Å². The zero-order valence-corrected chi connectivity index (χ0v) is 16.0. The summed E-state index contributed by atoms with van der Waals surface area (Å²) in [5, 5.41) is 6.28. The highest BCUT2D eigenvalue weighted by atomic mass is 32.1. The number of fused-ring (bicyclic) bond motifs is 3. The van der Waals surface area contributed by atoms with E-state index in [1.165, 1.54) is 0 Å². The third-order valence-electron chi connectivity index (χ3n) is 5.32. The third-order valence-corrected chi connectivity index (χ3v) is 6.32. The topological polar surface area (TPSA) is 50.6 Å². The molecule has 4 heterocycles. The number of hydrogen-bond acceptors (Lipinski definition) is 5. The Bertz CT molecular complexity index is 730. The number of rotatable bonds is 5. The molecule has 2 aliphatic rings. The van der Waals surface area contributed by atoms with Gasteiger partial charge in [0.05, 0.1) is 24.1 Å². The third kappa shape index (κ3) is 3.84. The highest BCUT2D eigenvalue weighted by Crippen LogP contribution is 2.24. The summed E-state index contributed by atoms with van der Waals surface area (Å²) in [6.45, 7) is 7.99. The van der Waals surface area contributed by atoms with Crippen molar-refractivity contribution < 1.29 is 9.53 Å². The molecule has 26 heavy (non-hydrogen) atoms. The van der Waals surface area contributed by atoms with Crippen LogP contribution in [0.4, 0.5) is 0 Å². The summed E-state index contributed by atoms with van der Waals surface area (Å²) in [5.41, 5.74) is 1.08. The quantitative estimate of drug-likeness (QED) is 0.804. The van der Waals surface area contributed by atoms with Crippen molar-refractivity contribution in [1.29, 1.82) is 0 Å². The minimum atomic E-state index is 0.188.